The molecule has 212 valence electrons. The number of para-hydroxylation sites is 1. The number of rotatable bonds is 5. The van der Waals surface area contributed by atoms with Crippen LogP contribution in [0, 0.1) is 0 Å². The molecule has 0 saturated heterocycles. The molecule has 7 aromatic carbocycles. The predicted octanol–water partition coefficient (Wildman–Crippen LogP) is 11.7. The van der Waals surface area contributed by atoms with Crippen molar-refractivity contribution in [3.63, 3.8) is 0 Å². The normalized spacial score (nSPS) is 11.6. The maximum atomic E-state index is 6.45. The lowest BCUT2D eigenvalue weighted by molar-refractivity contribution is 0.620. The van der Waals surface area contributed by atoms with Crippen molar-refractivity contribution >= 4 is 60.9 Å². The summed E-state index contributed by atoms with van der Waals surface area (Å²) in [7, 11) is 0. The number of anilines is 3. The van der Waals surface area contributed by atoms with E-state index in [-0.39, 0.29) is 0 Å². The van der Waals surface area contributed by atoms with Gasteiger partial charge >= 0.3 is 0 Å². The summed E-state index contributed by atoms with van der Waals surface area (Å²) in [4.78, 5) is 7.07. The Balaban J connectivity index is 1.21. The number of fused-ring (bicyclic) bond motifs is 5. The SMILES string of the molecule is c1ccc(-c2nc3cc4oc5cccc(N(c6ccccc6)c6ccc(-c7cccc8ccccc78)cc6)c5c4cc3o2)cc1. The highest BCUT2D eigenvalue weighted by atomic mass is 16.4. The first kappa shape index (κ1) is 25.4. The van der Waals surface area contributed by atoms with Gasteiger partial charge in [-0.3, -0.25) is 0 Å². The molecule has 45 heavy (non-hydrogen) atoms. The molecule has 2 heterocycles. The number of furan rings is 1. The van der Waals surface area contributed by atoms with Gasteiger partial charge in [0.25, 0.3) is 0 Å². The fraction of sp³-hybridized carbons (Fsp3) is 0. The minimum Gasteiger partial charge on any atom is -0.456 e. The van der Waals surface area contributed by atoms with Crippen LogP contribution in [-0.4, -0.2) is 4.98 Å². The smallest absolute Gasteiger partial charge is 0.227 e. The van der Waals surface area contributed by atoms with E-state index in [9.17, 15) is 0 Å². The zero-order valence-electron chi connectivity index (χ0n) is 24.2. The van der Waals surface area contributed by atoms with Crippen LogP contribution < -0.4 is 4.90 Å². The molecule has 0 aliphatic heterocycles. The van der Waals surface area contributed by atoms with Gasteiger partial charge in [-0.25, -0.2) is 4.98 Å². The quantitative estimate of drug-likeness (QED) is 0.204. The molecular formula is C41H26N2O2. The average Bonchev–Trinajstić information content (AvgIpc) is 3.69. The molecule has 4 heteroatoms. The monoisotopic (exact) mass is 578 g/mol. The van der Waals surface area contributed by atoms with Gasteiger partial charge in [0.05, 0.1) is 11.1 Å². The van der Waals surface area contributed by atoms with Gasteiger partial charge < -0.3 is 13.7 Å². The van der Waals surface area contributed by atoms with Crippen LogP contribution in [0.5, 0.6) is 0 Å². The van der Waals surface area contributed by atoms with Crippen molar-refractivity contribution < 1.29 is 8.83 Å². The van der Waals surface area contributed by atoms with E-state index in [2.05, 4.69) is 114 Å². The van der Waals surface area contributed by atoms with E-state index in [1.54, 1.807) is 0 Å². The van der Waals surface area contributed by atoms with Crippen LogP contribution in [0.4, 0.5) is 17.1 Å². The standard InChI is InChI=1S/C41H26N2O2/c1-3-12-29(13-4-1)41-42-35-26-38-34(25-39(35)45-41)40-36(19-10-20-37(40)44-38)43(30-15-5-2-6-16-30)31-23-21-28(22-24-31)33-18-9-14-27-11-7-8-17-32(27)33/h1-26H. The summed E-state index contributed by atoms with van der Waals surface area (Å²) < 4.78 is 12.7. The van der Waals surface area contributed by atoms with Crippen LogP contribution >= 0.6 is 0 Å². The summed E-state index contributed by atoms with van der Waals surface area (Å²) in [6.07, 6.45) is 0. The van der Waals surface area contributed by atoms with E-state index in [1.807, 2.05) is 48.5 Å². The molecule has 9 rings (SSSR count). The van der Waals surface area contributed by atoms with Crippen LogP contribution in [0.15, 0.2) is 167 Å². The molecule has 0 bridgehead atoms. The molecule has 0 N–H and O–H groups in total. The molecular weight excluding hydrogens is 552 g/mol. The minimum atomic E-state index is 0.597. The van der Waals surface area contributed by atoms with E-state index in [0.717, 1.165) is 55.7 Å². The first-order valence-electron chi connectivity index (χ1n) is 15.0. The second kappa shape index (κ2) is 10.2. The molecule has 0 spiro atoms. The average molecular weight is 579 g/mol. The molecule has 2 aromatic heterocycles. The number of benzene rings is 7. The predicted molar refractivity (Wildman–Crippen MR) is 184 cm³/mol. The molecule has 0 radical (unpaired) electrons. The Kier molecular flexibility index (Phi) is 5.78. The number of oxazole rings is 1. The zero-order valence-corrected chi connectivity index (χ0v) is 24.2. The summed E-state index contributed by atoms with van der Waals surface area (Å²) in [5.74, 6) is 0.597. The summed E-state index contributed by atoms with van der Waals surface area (Å²) in [6, 6.07) is 54.6. The van der Waals surface area contributed by atoms with Crippen molar-refractivity contribution in [2.75, 3.05) is 4.90 Å². The van der Waals surface area contributed by atoms with Gasteiger partial charge in [-0.15, -0.1) is 0 Å². The Morgan fingerprint density at radius 1 is 0.467 bits per heavy atom. The van der Waals surface area contributed by atoms with Crippen molar-refractivity contribution in [2.24, 2.45) is 0 Å². The minimum absolute atomic E-state index is 0.597. The van der Waals surface area contributed by atoms with E-state index >= 15 is 0 Å². The Morgan fingerprint density at radius 2 is 1.18 bits per heavy atom. The summed E-state index contributed by atoms with van der Waals surface area (Å²) in [5.41, 5.74) is 9.57. The van der Waals surface area contributed by atoms with Gasteiger partial charge in [0.15, 0.2) is 5.58 Å². The van der Waals surface area contributed by atoms with Crippen LogP contribution in [0.3, 0.4) is 0 Å². The Bertz CT molecular complexity index is 2470. The van der Waals surface area contributed by atoms with E-state index in [4.69, 9.17) is 13.8 Å². The number of aromatic nitrogens is 1. The second-order valence-electron chi connectivity index (χ2n) is 11.2. The lowest BCUT2D eigenvalue weighted by Gasteiger charge is -2.26. The van der Waals surface area contributed by atoms with Crippen LogP contribution in [-0.2, 0) is 0 Å². The van der Waals surface area contributed by atoms with Crippen molar-refractivity contribution in [1.29, 1.82) is 0 Å². The summed E-state index contributed by atoms with van der Waals surface area (Å²) in [6.45, 7) is 0. The Labute approximate surface area is 259 Å². The molecule has 0 amide bonds. The molecule has 4 nitrogen and oxygen atoms in total. The third-order valence-corrected chi connectivity index (χ3v) is 8.49. The first-order valence-corrected chi connectivity index (χ1v) is 15.0. The number of hydrogen-bond donors (Lipinski definition) is 0. The summed E-state index contributed by atoms with van der Waals surface area (Å²) in [5, 5.41) is 4.49. The highest BCUT2D eigenvalue weighted by Gasteiger charge is 2.21. The van der Waals surface area contributed by atoms with Crippen molar-refractivity contribution in [3.8, 4) is 22.6 Å². The highest BCUT2D eigenvalue weighted by molar-refractivity contribution is 6.15. The first-order chi connectivity index (χ1) is 22.3. The molecule has 0 atom stereocenters. The van der Waals surface area contributed by atoms with E-state index < -0.39 is 0 Å². The Hall–Kier alpha value is -6.13. The molecule has 0 unspecified atom stereocenters. The summed E-state index contributed by atoms with van der Waals surface area (Å²) >= 11 is 0. The third kappa shape index (κ3) is 4.27. The van der Waals surface area contributed by atoms with Gasteiger partial charge in [0.1, 0.15) is 16.7 Å². The number of hydrogen-bond acceptors (Lipinski definition) is 4. The number of nitrogens with zero attached hydrogens (tertiary/aromatic N) is 2. The van der Waals surface area contributed by atoms with Crippen molar-refractivity contribution in [3.05, 3.63) is 158 Å². The van der Waals surface area contributed by atoms with Gasteiger partial charge in [-0.1, -0.05) is 97.1 Å². The second-order valence-corrected chi connectivity index (χ2v) is 11.2. The lowest BCUT2D eigenvalue weighted by Crippen LogP contribution is -2.10. The molecule has 0 aliphatic carbocycles. The van der Waals surface area contributed by atoms with Crippen molar-refractivity contribution in [1.82, 2.24) is 4.98 Å². The molecule has 0 saturated carbocycles. The highest BCUT2D eigenvalue weighted by Crippen LogP contribution is 2.44. The van der Waals surface area contributed by atoms with Gasteiger partial charge in [-0.05, 0) is 76.5 Å². The largest absolute Gasteiger partial charge is 0.456 e. The molecule has 0 aliphatic rings. The molecule has 9 aromatic rings. The fourth-order valence-electron chi connectivity index (χ4n) is 6.39. The van der Waals surface area contributed by atoms with Gasteiger partial charge in [0, 0.05) is 28.4 Å². The lowest BCUT2D eigenvalue weighted by atomic mass is 9.98. The van der Waals surface area contributed by atoms with Crippen LogP contribution in [0.25, 0.3) is 66.4 Å². The topological polar surface area (TPSA) is 42.4 Å². The van der Waals surface area contributed by atoms with E-state index in [0.29, 0.717) is 5.89 Å². The van der Waals surface area contributed by atoms with Gasteiger partial charge in [-0.2, -0.15) is 0 Å². The van der Waals surface area contributed by atoms with Crippen molar-refractivity contribution in [2.45, 2.75) is 0 Å². The maximum Gasteiger partial charge on any atom is 0.227 e. The maximum absolute atomic E-state index is 6.45. The zero-order chi connectivity index (χ0) is 29.7. The Morgan fingerprint density at radius 3 is 2.02 bits per heavy atom. The van der Waals surface area contributed by atoms with E-state index in [1.165, 1.54) is 21.9 Å². The molecule has 0 fully saturated rings. The van der Waals surface area contributed by atoms with Crippen LogP contribution in [0.2, 0.25) is 0 Å². The van der Waals surface area contributed by atoms with Crippen LogP contribution in [0.1, 0.15) is 0 Å². The van der Waals surface area contributed by atoms with Gasteiger partial charge in [0.2, 0.25) is 5.89 Å². The third-order valence-electron chi connectivity index (χ3n) is 8.49. The fourth-order valence-corrected chi connectivity index (χ4v) is 6.39.